The van der Waals surface area contributed by atoms with E-state index in [9.17, 15) is 8.42 Å². The van der Waals surface area contributed by atoms with E-state index in [2.05, 4.69) is 0 Å². The average molecular weight is 188 g/mol. The zero-order chi connectivity index (χ0) is 9.35. The van der Waals surface area contributed by atoms with Crippen LogP contribution in [0.5, 0.6) is 11.5 Å². The smallest absolute Gasteiger partial charge is 0.175 e. The average Bonchev–Trinajstić information content (AvgIpc) is 1.92. The molecule has 12 heavy (non-hydrogen) atoms. The Morgan fingerprint density at radius 2 is 1.75 bits per heavy atom. The van der Waals surface area contributed by atoms with Gasteiger partial charge < -0.3 is 10.2 Å². The first kappa shape index (κ1) is 8.86. The molecule has 1 aromatic carbocycles. The van der Waals surface area contributed by atoms with Crippen LogP contribution in [0.3, 0.4) is 0 Å². The summed E-state index contributed by atoms with van der Waals surface area (Å²) in [6.07, 6.45) is 1.03. The molecule has 0 heterocycles. The fourth-order valence-corrected chi connectivity index (χ4v) is 1.37. The van der Waals surface area contributed by atoms with E-state index in [0.29, 0.717) is 0 Å². The zero-order valence-electron chi connectivity index (χ0n) is 6.35. The fourth-order valence-electron chi connectivity index (χ4n) is 0.734. The van der Waals surface area contributed by atoms with Crippen molar-refractivity contribution in [3.63, 3.8) is 0 Å². The van der Waals surface area contributed by atoms with Crippen LogP contribution in [0.15, 0.2) is 23.1 Å². The van der Waals surface area contributed by atoms with Gasteiger partial charge in [-0.05, 0) is 12.1 Å². The van der Waals surface area contributed by atoms with Gasteiger partial charge in [-0.2, -0.15) is 0 Å². The van der Waals surface area contributed by atoms with Gasteiger partial charge in [0, 0.05) is 12.3 Å². The molecule has 0 radical (unpaired) electrons. The second-order valence-corrected chi connectivity index (χ2v) is 4.44. The summed E-state index contributed by atoms with van der Waals surface area (Å²) in [6, 6.07) is 3.36. The molecule has 0 spiro atoms. The van der Waals surface area contributed by atoms with Crippen LogP contribution >= 0.6 is 0 Å². The minimum atomic E-state index is -3.31. The SMILES string of the molecule is CS(=O)(=O)c1ccc(O)c(O)c1. The molecule has 0 aliphatic carbocycles. The van der Waals surface area contributed by atoms with Crippen molar-refractivity contribution in [2.45, 2.75) is 4.90 Å². The van der Waals surface area contributed by atoms with Gasteiger partial charge in [0.15, 0.2) is 21.3 Å². The van der Waals surface area contributed by atoms with Crippen molar-refractivity contribution in [1.29, 1.82) is 0 Å². The van der Waals surface area contributed by atoms with Crippen LogP contribution in [0, 0.1) is 0 Å². The Balaban J connectivity index is 3.33. The highest BCUT2D eigenvalue weighted by Gasteiger charge is 2.09. The van der Waals surface area contributed by atoms with E-state index in [4.69, 9.17) is 10.2 Å². The Morgan fingerprint density at radius 3 is 2.17 bits per heavy atom. The first-order valence-electron chi connectivity index (χ1n) is 3.13. The number of hydrogen-bond acceptors (Lipinski definition) is 4. The molecular formula is C7H8O4S. The summed E-state index contributed by atoms with van der Waals surface area (Å²) in [5, 5.41) is 17.8. The molecule has 0 bridgehead atoms. The number of phenolic OH excluding ortho intramolecular Hbond substituents is 2. The second-order valence-electron chi connectivity index (χ2n) is 2.42. The summed E-state index contributed by atoms with van der Waals surface area (Å²) in [6.45, 7) is 0. The van der Waals surface area contributed by atoms with Gasteiger partial charge in [0.25, 0.3) is 0 Å². The summed E-state index contributed by atoms with van der Waals surface area (Å²) in [7, 11) is -3.31. The highest BCUT2D eigenvalue weighted by molar-refractivity contribution is 7.90. The lowest BCUT2D eigenvalue weighted by Gasteiger charge is -2.00. The predicted octanol–water partition coefficient (Wildman–Crippen LogP) is 0.501. The first-order valence-corrected chi connectivity index (χ1v) is 5.02. The molecule has 0 fully saturated rings. The van der Waals surface area contributed by atoms with Crippen molar-refractivity contribution in [2.75, 3.05) is 6.26 Å². The predicted molar refractivity (Wildman–Crippen MR) is 42.9 cm³/mol. The van der Waals surface area contributed by atoms with E-state index in [1.54, 1.807) is 0 Å². The van der Waals surface area contributed by atoms with Crippen molar-refractivity contribution >= 4 is 9.84 Å². The van der Waals surface area contributed by atoms with Gasteiger partial charge in [0.1, 0.15) is 0 Å². The van der Waals surface area contributed by atoms with Crippen LogP contribution in [0.1, 0.15) is 0 Å². The lowest BCUT2D eigenvalue weighted by Crippen LogP contribution is -1.95. The molecule has 0 saturated carbocycles. The molecule has 0 aliphatic heterocycles. The van der Waals surface area contributed by atoms with Gasteiger partial charge in [0.2, 0.25) is 0 Å². The molecule has 4 nitrogen and oxygen atoms in total. The highest BCUT2D eigenvalue weighted by Crippen LogP contribution is 2.26. The molecule has 1 aromatic rings. The molecule has 0 unspecified atom stereocenters. The Labute approximate surface area is 70.0 Å². The van der Waals surface area contributed by atoms with Gasteiger partial charge in [-0.25, -0.2) is 8.42 Å². The summed E-state index contributed by atoms with van der Waals surface area (Å²) in [4.78, 5) is -0.0159. The van der Waals surface area contributed by atoms with E-state index in [1.165, 1.54) is 6.07 Å². The largest absolute Gasteiger partial charge is 0.504 e. The molecule has 0 amide bonds. The molecule has 66 valence electrons. The molecule has 0 aliphatic rings. The highest BCUT2D eigenvalue weighted by atomic mass is 32.2. The van der Waals surface area contributed by atoms with Gasteiger partial charge in [-0.15, -0.1) is 0 Å². The summed E-state index contributed by atoms with van der Waals surface area (Å²) >= 11 is 0. The van der Waals surface area contributed by atoms with Crippen molar-refractivity contribution < 1.29 is 18.6 Å². The maximum Gasteiger partial charge on any atom is 0.175 e. The van der Waals surface area contributed by atoms with Gasteiger partial charge in [-0.1, -0.05) is 0 Å². The quantitative estimate of drug-likeness (QED) is 0.629. The maximum atomic E-state index is 10.9. The van der Waals surface area contributed by atoms with Crippen LogP contribution in [-0.4, -0.2) is 24.9 Å². The Bertz CT molecular complexity index is 394. The third kappa shape index (κ3) is 1.68. The van der Waals surface area contributed by atoms with Crippen molar-refractivity contribution in [3.8, 4) is 11.5 Å². The van der Waals surface area contributed by atoms with Crippen molar-refractivity contribution in [1.82, 2.24) is 0 Å². The van der Waals surface area contributed by atoms with E-state index < -0.39 is 15.6 Å². The Morgan fingerprint density at radius 1 is 1.17 bits per heavy atom. The zero-order valence-corrected chi connectivity index (χ0v) is 7.17. The third-order valence-electron chi connectivity index (χ3n) is 1.38. The number of sulfone groups is 1. The first-order chi connectivity index (χ1) is 5.41. The summed E-state index contributed by atoms with van der Waals surface area (Å²) in [5.41, 5.74) is 0. The number of benzene rings is 1. The molecule has 0 aromatic heterocycles. The summed E-state index contributed by atoms with van der Waals surface area (Å²) < 4.78 is 21.8. The number of phenols is 2. The van der Waals surface area contributed by atoms with E-state index >= 15 is 0 Å². The van der Waals surface area contributed by atoms with Crippen LogP contribution in [0.25, 0.3) is 0 Å². The van der Waals surface area contributed by atoms with Gasteiger partial charge in [0.05, 0.1) is 4.90 Å². The minimum absolute atomic E-state index is 0.0159. The van der Waals surface area contributed by atoms with Crippen LogP contribution < -0.4 is 0 Å². The monoisotopic (exact) mass is 188 g/mol. The third-order valence-corrected chi connectivity index (χ3v) is 2.49. The van der Waals surface area contributed by atoms with Crippen LogP contribution in [-0.2, 0) is 9.84 Å². The van der Waals surface area contributed by atoms with Crippen LogP contribution in [0.2, 0.25) is 0 Å². The number of hydrogen-bond donors (Lipinski definition) is 2. The van der Waals surface area contributed by atoms with E-state index in [1.807, 2.05) is 0 Å². The standard InChI is InChI=1S/C7H8O4S/c1-12(10,11)5-2-3-6(8)7(9)4-5/h2-4,8-9H,1H3. The molecule has 5 heteroatoms. The maximum absolute atomic E-state index is 10.9. The molecule has 1 rings (SSSR count). The lowest BCUT2D eigenvalue weighted by atomic mass is 10.3. The fraction of sp³-hybridized carbons (Fsp3) is 0.143. The van der Waals surface area contributed by atoms with E-state index in [-0.39, 0.29) is 10.6 Å². The molecule has 2 N–H and O–H groups in total. The molecular weight excluding hydrogens is 180 g/mol. The van der Waals surface area contributed by atoms with Gasteiger partial charge in [-0.3, -0.25) is 0 Å². The molecule has 0 atom stereocenters. The normalized spacial score (nSPS) is 11.4. The number of aromatic hydroxyl groups is 2. The number of rotatable bonds is 1. The van der Waals surface area contributed by atoms with Gasteiger partial charge >= 0.3 is 0 Å². The topological polar surface area (TPSA) is 74.6 Å². The van der Waals surface area contributed by atoms with E-state index in [0.717, 1.165) is 18.4 Å². The summed E-state index contributed by atoms with van der Waals surface area (Å²) in [5.74, 6) is -0.764. The molecule has 0 saturated heterocycles. The lowest BCUT2D eigenvalue weighted by molar-refractivity contribution is 0.402. The Kier molecular flexibility index (Phi) is 1.97. The van der Waals surface area contributed by atoms with Crippen molar-refractivity contribution in [3.05, 3.63) is 18.2 Å². The van der Waals surface area contributed by atoms with Crippen LogP contribution in [0.4, 0.5) is 0 Å². The second kappa shape index (κ2) is 2.67. The Hall–Kier alpha value is -1.23. The minimum Gasteiger partial charge on any atom is -0.504 e. The van der Waals surface area contributed by atoms with Crippen molar-refractivity contribution in [2.24, 2.45) is 0 Å².